The van der Waals surface area contributed by atoms with Crippen LogP contribution in [-0.2, 0) is 11.8 Å². The number of alkyl halides is 3. The molecule has 1 aromatic heterocycles. The van der Waals surface area contributed by atoms with Crippen LogP contribution in [0.2, 0.25) is 0 Å². The SMILES string of the molecule is CCCNC(COCC(F)(F)F)c1ccn(C)n1. The van der Waals surface area contributed by atoms with Crippen molar-refractivity contribution in [2.75, 3.05) is 19.8 Å². The minimum absolute atomic E-state index is 0.0451. The van der Waals surface area contributed by atoms with Gasteiger partial charge >= 0.3 is 6.18 Å². The molecule has 0 fully saturated rings. The van der Waals surface area contributed by atoms with Crippen LogP contribution in [0.25, 0.3) is 0 Å². The molecule has 104 valence electrons. The van der Waals surface area contributed by atoms with E-state index in [9.17, 15) is 13.2 Å². The summed E-state index contributed by atoms with van der Waals surface area (Å²) >= 11 is 0. The minimum Gasteiger partial charge on any atom is -0.370 e. The second kappa shape index (κ2) is 6.75. The van der Waals surface area contributed by atoms with Crippen molar-refractivity contribution in [3.63, 3.8) is 0 Å². The highest BCUT2D eigenvalue weighted by Gasteiger charge is 2.28. The normalized spacial score (nSPS) is 13.8. The quantitative estimate of drug-likeness (QED) is 0.820. The maximum absolute atomic E-state index is 12.0. The Morgan fingerprint density at radius 3 is 2.72 bits per heavy atom. The summed E-state index contributed by atoms with van der Waals surface area (Å²) in [5.41, 5.74) is 0.688. The number of ether oxygens (including phenoxy) is 1. The molecule has 0 radical (unpaired) electrons. The van der Waals surface area contributed by atoms with Gasteiger partial charge in [0.25, 0.3) is 0 Å². The predicted octanol–water partition coefficient (Wildman–Crippen LogP) is 2.04. The molecular weight excluding hydrogens is 247 g/mol. The number of nitrogens with zero attached hydrogens (tertiary/aromatic N) is 2. The Bertz CT molecular complexity index is 352. The van der Waals surface area contributed by atoms with Crippen LogP contribution < -0.4 is 5.32 Å². The second-order valence-corrected chi connectivity index (χ2v) is 4.05. The van der Waals surface area contributed by atoms with Crippen molar-refractivity contribution in [2.24, 2.45) is 7.05 Å². The highest BCUT2D eigenvalue weighted by atomic mass is 19.4. The molecule has 0 aliphatic rings. The molecule has 0 aliphatic carbocycles. The Morgan fingerprint density at radius 2 is 2.22 bits per heavy atom. The van der Waals surface area contributed by atoms with Crippen molar-refractivity contribution in [2.45, 2.75) is 25.6 Å². The maximum Gasteiger partial charge on any atom is 0.411 e. The van der Waals surface area contributed by atoms with Crippen molar-refractivity contribution in [1.29, 1.82) is 0 Å². The van der Waals surface area contributed by atoms with E-state index < -0.39 is 12.8 Å². The third kappa shape index (κ3) is 5.50. The average molecular weight is 265 g/mol. The predicted molar refractivity (Wildman–Crippen MR) is 61.1 cm³/mol. The van der Waals surface area contributed by atoms with Crippen LogP contribution >= 0.6 is 0 Å². The fraction of sp³-hybridized carbons (Fsp3) is 0.727. The second-order valence-electron chi connectivity index (χ2n) is 4.05. The molecule has 4 nitrogen and oxygen atoms in total. The van der Waals surface area contributed by atoms with Gasteiger partial charge in [-0.3, -0.25) is 4.68 Å². The van der Waals surface area contributed by atoms with Crippen LogP contribution in [0.15, 0.2) is 12.3 Å². The number of halogens is 3. The molecule has 1 heterocycles. The summed E-state index contributed by atoms with van der Waals surface area (Å²) in [4.78, 5) is 0. The van der Waals surface area contributed by atoms with Gasteiger partial charge in [0.15, 0.2) is 0 Å². The van der Waals surface area contributed by atoms with Crippen molar-refractivity contribution in [3.05, 3.63) is 18.0 Å². The molecule has 0 bridgehead atoms. The summed E-state index contributed by atoms with van der Waals surface area (Å²) in [6.07, 6.45) is -1.65. The van der Waals surface area contributed by atoms with Crippen molar-refractivity contribution in [1.82, 2.24) is 15.1 Å². The summed E-state index contributed by atoms with van der Waals surface area (Å²) in [6, 6.07) is 1.46. The van der Waals surface area contributed by atoms with Gasteiger partial charge in [0.2, 0.25) is 0 Å². The summed E-state index contributed by atoms with van der Waals surface area (Å²) in [7, 11) is 1.76. The van der Waals surface area contributed by atoms with Gasteiger partial charge in [0, 0.05) is 13.2 Å². The molecule has 1 rings (SSSR count). The molecule has 1 aromatic rings. The van der Waals surface area contributed by atoms with E-state index in [1.807, 2.05) is 6.92 Å². The smallest absolute Gasteiger partial charge is 0.370 e. The molecule has 0 spiro atoms. The zero-order valence-corrected chi connectivity index (χ0v) is 10.5. The molecule has 0 aromatic carbocycles. The van der Waals surface area contributed by atoms with E-state index >= 15 is 0 Å². The van der Waals surface area contributed by atoms with E-state index in [2.05, 4.69) is 15.2 Å². The molecular formula is C11H18F3N3O. The molecule has 1 atom stereocenters. The first kappa shape index (κ1) is 15.0. The van der Waals surface area contributed by atoms with Crippen LogP contribution in [-0.4, -0.2) is 35.7 Å². The lowest BCUT2D eigenvalue weighted by Gasteiger charge is -2.17. The number of rotatable bonds is 7. The molecule has 0 amide bonds. The summed E-state index contributed by atoms with van der Waals surface area (Å²) < 4.78 is 42.3. The molecule has 1 N–H and O–H groups in total. The van der Waals surface area contributed by atoms with Crippen LogP contribution in [0.4, 0.5) is 13.2 Å². The Morgan fingerprint density at radius 1 is 1.50 bits per heavy atom. The third-order valence-electron chi connectivity index (χ3n) is 2.28. The largest absolute Gasteiger partial charge is 0.411 e. The van der Waals surface area contributed by atoms with E-state index in [-0.39, 0.29) is 12.6 Å². The topological polar surface area (TPSA) is 39.1 Å². The van der Waals surface area contributed by atoms with Crippen LogP contribution in [0, 0.1) is 0 Å². The van der Waals surface area contributed by atoms with Gasteiger partial charge in [-0.05, 0) is 19.0 Å². The van der Waals surface area contributed by atoms with Crippen LogP contribution in [0.1, 0.15) is 25.1 Å². The van der Waals surface area contributed by atoms with Gasteiger partial charge in [0.1, 0.15) is 6.61 Å². The number of aromatic nitrogens is 2. The van der Waals surface area contributed by atoms with E-state index in [4.69, 9.17) is 0 Å². The summed E-state index contributed by atoms with van der Waals surface area (Å²) in [5, 5.41) is 7.29. The first-order valence-corrected chi connectivity index (χ1v) is 5.80. The standard InChI is InChI=1S/C11H18F3N3O/c1-3-5-15-10(7-18-8-11(12,13)14)9-4-6-17(2)16-9/h4,6,10,15H,3,5,7-8H2,1-2H3. The molecule has 1 unspecified atom stereocenters. The van der Waals surface area contributed by atoms with Crippen molar-refractivity contribution in [3.8, 4) is 0 Å². The monoisotopic (exact) mass is 265 g/mol. The van der Waals surface area contributed by atoms with E-state index in [1.165, 1.54) is 0 Å². The van der Waals surface area contributed by atoms with Gasteiger partial charge in [0.05, 0.1) is 18.3 Å². The Labute approximate surface area is 104 Å². The summed E-state index contributed by atoms with van der Waals surface area (Å²) in [5.74, 6) is 0. The lowest BCUT2D eigenvalue weighted by atomic mass is 10.2. The van der Waals surface area contributed by atoms with Gasteiger partial charge < -0.3 is 10.1 Å². The van der Waals surface area contributed by atoms with E-state index in [0.29, 0.717) is 12.2 Å². The minimum atomic E-state index is -4.29. The highest BCUT2D eigenvalue weighted by molar-refractivity contribution is 5.05. The van der Waals surface area contributed by atoms with Gasteiger partial charge in [-0.25, -0.2) is 0 Å². The van der Waals surface area contributed by atoms with Crippen LogP contribution in [0.3, 0.4) is 0 Å². The first-order chi connectivity index (χ1) is 8.42. The van der Waals surface area contributed by atoms with Gasteiger partial charge in [-0.1, -0.05) is 6.92 Å². The van der Waals surface area contributed by atoms with Crippen molar-refractivity contribution < 1.29 is 17.9 Å². The molecule has 0 saturated carbocycles. The molecule has 0 aliphatic heterocycles. The number of aryl methyl sites for hydroxylation is 1. The van der Waals surface area contributed by atoms with E-state index in [0.717, 1.165) is 6.42 Å². The van der Waals surface area contributed by atoms with Gasteiger partial charge in [-0.15, -0.1) is 0 Å². The Kier molecular flexibility index (Phi) is 5.61. The van der Waals surface area contributed by atoms with Crippen molar-refractivity contribution >= 4 is 0 Å². The average Bonchev–Trinajstić information content (AvgIpc) is 2.68. The highest BCUT2D eigenvalue weighted by Crippen LogP contribution is 2.17. The summed E-state index contributed by atoms with van der Waals surface area (Å²) in [6.45, 7) is 1.41. The zero-order chi connectivity index (χ0) is 13.6. The number of hydrogen-bond donors (Lipinski definition) is 1. The fourth-order valence-corrected chi connectivity index (χ4v) is 1.48. The number of nitrogens with one attached hydrogen (secondary N) is 1. The Balaban J connectivity index is 2.51. The Hall–Kier alpha value is -1.08. The molecule has 18 heavy (non-hydrogen) atoms. The maximum atomic E-state index is 12.0. The fourth-order valence-electron chi connectivity index (χ4n) is 1.48. The van der Waals surface area contributed by atoms with Gasteiger partial charge in [-0.2, -0.15) is 18.3 Å². The molecule has 7 heteroatoms. The first-order valence-electron chi connectivity index (χ1n) is 5.80. The molecule has 0 saturated heterocycles. The van der Waals surface area contributed by atoms with Crippen LogP contribution in [0.5, 0.6) is 0 Å². The third-order valence-corrected chi connectivity index (χ3v) is 2.28. The lowest BCUT2D eigenvalue weighted by molar-refractivity contribution is -0.175. The number of hydrogen-bond acceptors (Lipinski definition) is 3. The van der Waals surface area contributed by atoms with E-state index in [1.54, 1.807) is 24.0 Å². The lowest BCUT2D eigenvalue weighted by Crippen LogP contribution is -2.29. The zero-order valence-electron chi connectivity index (χ0n) is 10.5.